The molecule has 0 saturated carbocycles. The van der Waals surface area contributed by atoms with Crippen LogP contribution in [0.25, 0.3) is 0 Å². The van der Waals surface area contributed by atoms with Crippen molar-refractivity contribution >= 4 is 41.3 Å². The number of rotatable bonds is 9. The average Bonchev–Trinajstić information content (AvgIpc) is 3.00. The van der Waals surface area contributed by atoms with Gasteiger partial charge in [-0.05, 0) is 33.2 Å². The van der Waals surface area contributed by atoms with E-state index in [2.05, 4.69) is 72.6 Å². The molecule has 1 aromatic rings. The van der Waals surface area contributed by atoms with Crippen LogP contribution < -0.4 is 10.6 Å². The number of likely N-dealkylation sites (N-methyl/N-ethyl adjacent to an activating group) is 1. The molecule has 0 bridgehead atoms. The minimum absolute atomic E-state index is 0. The summed E-state index contributed by atoms with van der Waals surface area (Å²) in [4.78, 5) is 11.6. The van der Waals surface area contributed by atoms with Crippen LogP contribution in [0.3, 0.4) is 0 Å². The van der Waals surface area contributed by atoms with Gasteiger partial charge in [0.05, 0.1) is 12.2 Å². The summed E-state index contributed by atoms with van der Waals surface area (Å²) in [6.45, 7) is 14.3. The van der Waals surface area contributed by atoms with E-state index in [4.69, 9.17) is 0 Å². The van der Waals surface area contributed by atoms with Crippen LogP contribution in [-0.4, -0.2) is 48.6 Å². The lowest BCUT2D eigenvalue weighted by Gasteiger charge is -2.23. The first-order valence-electron chi connectivity index (χ1n) is 8.64. The minimum atomic E-state index is 0. The Balaban J connectivity index is 0.00000529. The van der Waals surface area contributed by atoms with Crippen LogP contribution in [-0.2, 0) is 6.54 Å². The molecule has 1 rings (SSSR count). The van der Waals surface area contributed by atoms with Crippen molar-refractivity contribution in [2.45, 2.75) is 59.5 Å². The molecule has 0 aromatic carbocycles. The quantitative estimate of drug-likeness (QED) is 0.331. The van der Waals surface area contributed by atoms with Gasteiger partial charge in [-0.15, -0.1) is 35.3 Å². The summed E-state index contributed by atoms with van der Waals surface area (Å²) < 4.78 is 0. The highest BCUT2D eigenvalue weighted by molar-refractivity contribution is 14.0. The molecular weight excluding hydrogens is 433 g/mol. The number of thiazole rings is 1. The Morgan fingerprint density at radius 1 is 1.29 bits per heavy atom. The van der Waals surface area contributed by atoms with Crippen LogP contribution in [0.4, 0.5) is 0 Å². The Morgan fingerprint density at radius 3 is 2.54 bits per heavy atom. The molecular formula is C17H34IN5S. The zero-order valence-electron chi connectivity index (χ0n) is 15.9. The second-order valence-corrected chi connectivity index (χ2v) is 7.12. The van der Waals surface area contributed by atoms with E-state index in [-0.39, 0.29) is 24.0 Å². The predicted molar refractivity (Wildman–Crippen MR) is 117 cm³/mol. The predicted octanol–water partition coefficient (Wildman–Crippen LogP) is 3.67. The van der Waals surface area contributed by atoms with Gasteiger partial charge in [-0.25, -0.2) is 9.98 Å². The van der Waals surface area contributed by atoms with E-state index in [9.17, 15) is 0 Å². The van der Waals surface area contributed by atoms with Crippen molar-refractivity contribution in [3.05, 3.63) is 16.1 Å². The number of aromatic nitrogens is 1. The van der Waals surface area contributed by atoms with Crippen LogP contribution in [0.1, 0.15) is 57.7 Å². The fourth-order valence-corrected chi connectivity index (χ4v) is 2.91. The largest absolute Gasteiger partial charge is 0.357 e. The molecule has 0 fully saturated rings. The van der Waals surface area contributed by atoms with E-state index in [1.54, 1.807) is 11.3 Å². The number of nitrogens with one attached hydrogen (secondary N) is 2. The maximum Gasteiger partial charge on any atom is 0.191 e. The van der Waals surface area contributed by atoms with Crippen LogP contribution >= 0.6 is 35.3 Å². The van der Waals surface area contributed by atoms with Gasteiger partial charge < -0.3 is 15.5 Å². The standard InChI is InChI=1S/C17H33N5S.HI/c1-7-14(5)22(6)10-9-19-17(18-8-2)20-11-16-21-15(12-23-16)13(3)4;/h12-14H,7-11H2,1-6H3,(H2,18,19,20);1H. The summed E-state index contributed by atoms with van der Waals surface area (Å²) in [7, 11) is 2.17. The van der Waals surface area contributed by atoms with Crippen LogP contribution in [0.15, 0.2) is 10.4 Å². The van der Waals surface area contributed by atoms with Crippen LogP contribution in [0, 0.1) is 0 Å². The SMILES string of the molecule is CCNC(=NCc1nc(C(C)C)cs1)NCCN(C)C(C)CC.I. The molecule has 2 N–H and O–H groups in total. The van der Waals surface area contributed by atoms with E-state index in [1.807, 2.05) is 0 Å². The molecule has 24 heavy (non-hydrogen) atoms. The highest BCUT2D eigenvalue weighted by atomic mass is 127. The Labute approximate surface area is 168 Å². The molecule has 5 nitrogen and oxygen atoms in total. The normalized spacial score (nSPS) is 13.1. The molecule has 0 aliphatic carbocycles. The monoisotopic (exact) mass is 467 g/mol. The summed E-state index contributed by atoms with van der Waals surface area (Å²) in [5.41, 5.74) is 1.16. The Bertz CT molecular complexity index is 475. The van der Waals surface area contributed by atoms with Crippen molar-refractivity contribution in [2.75, 3.05) is 26.7 Å². The summed E-state index contributed by atoms with van der Waals surface area (Å²) in [6, 6.07) is 0.612. The van der Waals surface area contributed by atoms with Gasteiger partial charge in [0.1, 0.15) is 5.01 Å². The Hall–Kier alpha value is -0.410. The molecule has 1 unspecified atom stereocenters. The van der Waals surface area contributed by atoms with Gasteiger partial charge in [0.2, 0.25) is 0 Å². The van der Waals surface area contributed by atoms with Gasteiger partial charge in [-0.2, -0.15) is 0 Å². The number of nitrogens with zero attached hydrogens (tertiary/aromatic N) is 3. The van der Waals surface area contributed by atoms with Gasteiger partial charge in [-0.3, -0.25) is 0 Å². The third-order valence-corrected chi connectivity index (χ3v) is 4.83. The number of aliphatic imine (C=N–C) groups is 1. The molecule has 0 saturated heterocycles. The number of hydrogen-bond acceptors (Lipinski definition) is 4. The number of guanidine groups is 1. The lowest BCUT2D eigenvalue weighted by atomic mass is 10.2. The molecule has 0 aliphatic heterocycles. The Kier molecular flexibility index (Phi) is 12.7. The van der Waals surface area contributed by atoms with Gasteiger partial charge in [-0.1, -0.05) is 20.8 Å². The molecule has 7 heteroatoms. The fourth-order valence-electron chi connectivity index (χ4n) is 2.03. The van der Waals surface area contributed by atoms with Crippen LogP contribution in [0.2, 0.25) is 0 Å². The maximum absolute atomic E-state index is 4.64. The summed E-state index contributed by atoms with van der Waals surface area (Å²) >= 11 is 1.69. The smallest absolute Gasteiger partial charge is 0.191 e. The zero-order chi connectivity index (χ0) is 17.2. The first-order valence-corrected chi connectivity index (χ1v) is 9.52. The third kappa shape index (κ3) is 8.62. The molecule has 1 aromatic heterocycles. The summed E-state index contributed by atoms with van der Waals surface area (Å²) in [6.07, 6.45) is 1.17. The van der Waals surface area contributed by atoms with Crippen molar-refractivity contribution in [2.24, 2.45) is 4.99 Å². The van der Waals surface area contributed by atoms with Gasteiger partial charge in [0, 0.05) is 31.1 Å². The molecule has 0 spiro atoms. The van der Waals surface area contributed by atoms with E-state index in [0.717, 1.165) is 36.3 Å². The van der Waals surface area contributed by atoms with Crippen molar-refractivity contribution in [1.82, 2.24) is 20.5 Å². The summed E-state index contributed by atoms with van der Waals surface area (Å²) in [5, 5.41) is 9.91. The maximum atomic E-state index is 4.64. The molecule has 1 atom stereocenters. The van der Waals surface area contributed by atoms with Crippen molar-refractivity contribution in [3.63, 3.8) is 0 Å². The molecule has 0 radical (unpaired) electrons. The zero-order valence-corrected chi connectivity index (χ0v) is 19.1. The van der Waals surface area contributed by atoms with Gasteiger partial charge in [0.25, 0.3) is 0 Å². The highest BCUT2D eigenvalue weighted by Gasteiger charge is 2.07. The van der Waals surface area contributed by atoms with E-state index in [1.165, 1.54) is 6.42 Å². The second-order valence-electron chi connectivity index (χ2n) is 6.18. The first-order chi connectivity index (χ1) is 11.0. The van der Waals surface area contributed by atoms with Crippen molar-refractivity contribution in [3.8, 4) is 0 Å². The van der Waals surface area contributed by atoms with Gasteiger partial charge in [0.15, 0.2) is 5.96 Å². The van der Waals surface area contributed by atoms with Crippen molar-refractivity contribution in [1.29, 1.82) is 0 Å². The van der Waals surface area contributed by atoms with Crippen molar-refractivity contribution < 1.29 is 0 Å². The minimum Gasteiger partial charge on any atom is -0.357 e. The lowest BCUT2D eigenvalue weighted by Crippen LogP contribution is -2.42. The number of hydrogen-bond donors (Lipinski definition) is 2. The molecule has 1 heterocycles. The fraction of sp³-hybridized carbons (Fsp3) is 0.765. The van der Waals surface area contributed by atoms with Crippen LogP contribution in [0.5, 0.6) is 0 Å². The first kappa shape index (κ1) is 23.6. The van der Waals surface area contributed by atoms with E-state index < -0.39 is 0 Å². The average molecular weight is 467 g/mol. The second kappa shape index (κ2) is 12.9. The third-order valence-electron chi connectivity index (χ3n) is 3.98. The number of halogens is 1. The molecule has 0 amide bonds. The molecule has 140 valence electrons. The van der Waals surface area contributed by atoms with E-state index in [0.29, 0.717) is 18.5 Å². The summed E-state index contributed by atoms with van der Waals surface area (Å²) in [5.74, 6) is 1.35. The van der Waals surface area contributed by atoms with E-state index >= 15 is 0 Å². The topological polar surface area (TPSA) is 52.6 Å². The lowest BCUT2D eigenvalue weighted by molar-refractivity contribution is 0.255. The highest BCUT2D eigenvalue weighted by Crippen LogP contribution is 2.18. The van der Waals surface area contributed by atoms with Gasteiger partial charge >= 0.3 is 0 Å². The molecule has 0 aliphatic rings. The Morgan fingerprint density at radius 2 is 2.00 bits per heavy atom.